The number of ether oxygens (including phenoxy) is 1. The second-order valence-corrected chi connectivity index (χ2v) is 8.53. The van der Waals surface area contributed by atoms with Gasteiger partial charge in [0.15, 0.2) is 5.78 Å². The molecule has 0 spiro atoms. The van der Waals surface area contributed by atoms with Crippen molar-refractivity contribution in [3.05, 3.63) is 41.9 Å². The average Bonchev–Trinajstić information content (AvgIpc) is 2.58. The summed E-state index contributed by atoms with van der Waals surface area (Å²) in [5, 5.41) is 4.06. The molecule has 178 valence electrons. The molecular weight excluding hydrogens is 434 g/mol. The molecule has 0 saturated heterocycles. The van der Waals surface area contributed by atoms with E-state index in [2.05, 4.69) is 5.32 Å². The standard InChI is InChI=1S/C21H27F4N3O4/c1-19(2,3)32-18(31)27-20(4,12-14(29)9-10-28(5)6)15-11-13(7-8-16(15)22)26-17(30)21(23,24)25/h7-11H,12H2,1-6H3,(H,26,30)(H,27,31)/b10-9+/t20-/m0/s1. The molecule has 1 aromatic rings. The molecule has 1 aromatic carbocycles. The molecule has 0 aromatic heterocycles. The number of ketones is 1. The maximum atomic E-state index is 14.7. The lowest BCUT2D eigenvalue weighted by molar-refractivity contribution is -0.167. The van der Waals surface area contributed by atoms with Gasteiger partial charge in [0.25, 0.3) is 0 Å². The van der Waals surface area contributed by atoms with Crippen LogP contribution >= 0.6 is 0 Å². The summed E-state index contributed by atoms with van der Waals surface area (Å²) < 4.78 is 57.7. The van der Waals surface area contributed by atoms with E-state index < -0.39 is 47.3 Å². The highest BCUT2D eigenvalue weighted by molar-refractivity contribution is 5.95. The maximum Gasteiger partial charge on any atom is 0.471 e. The third-order valence-corrected chi connectivity index (χ3v) is 3.94. The van der Waals surface area contributed by atoms with Gasteiger partial charge in [0.05, 0.1) is 5.54 Å². The number of carbonyl (C=O) groups is 3. The molecule has 2 amide bonds. The lowest BCUT2D eigenvalue weighted by atomic mass is 9.86. The van der Waals surface area contributed by atoms with Crippen molar-refractivity contribution >= 4 is 23.5 Å². The van der Waals surface area contributed by atoms with E-state index in [9.17, 15) is 31.9 Å². The first-order valence-electron chi connectivity index (χ1n) is 9.50. The predicted molar refractivity (Wildman–Crippen MR) is 110 cm³/mol. The van der Waals surface area contributed by atoms with Gasteiger partial charge < -0.3 is 20.3 Å². The monoisotopic (exact) mass is 461 g/mol. The van der Waals surface area contributed by atoms with E-state index in [1.54, 1.807) is 45.1 Å². The Morgan fingerprint density at radius 1 is 1.09 bits per heavy atom. The van der Waals surface area contributed by atoms with Crippen LogP contribution in [0.15, 0.2) is 30.5 Å². The number of benzene rings is 1. The average molecular weight is 461 g/mol. The van der Waals surface area contributed by atoms with Gasteiger partial charge in [-0.1, -0.05) is 0 Å². The van der Waals surface area contributed by atoms with Crippen LogP contribution in [0.25, 0.3) is 0 Å². The van der Waals surface area contributed by atoms with Crippen molar-refractivity contribution in [3.63, 3.8) is 0 Å². The van der Waals surface area contributed by atoms with Gasteiger partial charge in [0.1, 0.15) is 11.4 Å². The predicted octanol–water partition coefficient (Wildman–Crippen LogP) is 4.10. The molecule has 7 nitrogen and oxygen atoms in total. The first kappa shape index (κ1) is 26.9. The molecule has 32 heavy (non-hydrogen) atoms. The Morgan fingerprint density at radius 2 is 1.69 bits per heavy atom. The molecule has 1 rings (SSSR count). The van der Waals surface area contributed by atoms with Crippen molar-refractivity contribution in [2.45, 2.75) is 51.4 Å². The fourth-order valence-corrected chi connectivity index (χ4v) is 2.60. The molecular formula is C21H27F4N3O4. The van der Waals surface area contributed by atoms with Gasteiger partial charge in [-0.25, -0.2) is 9.18 Å². The number of nitrogens with one attached hydrogen (secondary N) is 2. The number of hydrogen-bond acceptors (Lipinski definition) is 5. The molecule has 0 fully saturated rings. The van der Waals surface area contributed by atoms with Crippen LogP contribution in [-0.2, 0) is 19.9 Å². The van der Waals surface area contributed by atoms with Crippen LogP contribution in [0.3, 0.4) is 0 Å². The molecule has 1 atom stereocenters. The van der Waals surface area contributed by atoms with E-state index in [0.29, 0.717) is 0 Å². The van der Waals surface area contributed by atoms with Gasteiger partial charge >= 0.3 is 18.2 Å². The molecule has 0 heterocycles. The SMILES string of the molecule is CN(C)/C=C/C(=O)C[C@](C)(NC(=O)OC(C)(C)C)c1cc(NC(=O)C(F)(F)F)ccc1F. The van der Waals surface area contributed by atoms with Gasteiger partial charge in [0, 0.05) is 38.0 Å². The zero-order valence-corrected chi connectivity index (χ0v) is 18.7. The van der Waals surface area contributed by atoms with Crippen molar-refractivity contribution in [3.8, 4) is 0 Å². The highest BCUT2D eigenvalue weighted by Gasteiger charge is 2.39. The highest BCUT2D eigenvalue weighted by atomic mass is 19.4. The molecule has 0 unspecified atom stereocenters. The Balaban J connectivity index is 3.39. The van der Waals surface area contributed by atoms with Gasteiger partial charge in [-0.2, -0.15) is 13.2 Å². The number of anilines is 1. The molecule has 0 aliphatic rings. The van der Waals surface area contributed by atoms with Crippen molar-refractivity contribution in [1.82, 2.24) is 10.2 Å². The first-order valence-corrected chi connectivity index (χ1v) is 9.50. The van der Waals surface area contributed by atoms with Crippen LogP contribution in [0.1, 0.15) is 39.7 Å². The van der Waals surface area contributed by atoms with Gasteiger partial charge in [-0.3, -0.25) is 9.59 Å². The normalized spacial score (nSPS) is 13.9. The molecule has 11 heteroatoms. The smallest absolute Gasteiger partial charge is 0.444 e. The lowest BCUT2D eigenvalue weighted by Crippen LogP contribution is -2.47. The third-order valence-electron chi connectivity index (χ3n) is 3.94. The first-order chi connectivity index (χ1) is 14.4. The van der Waals surface area contributed by atoms with Crippen LogP contribution in [0.4, 0.5) is 28.0 Å². The molecule has 0 aliphatic heterocycles. The van der Waals surface area contributed by atoms with Gasteiger partial charge in [-0.15, -0.1) is 0 Å². The maximum absolute atomic E-state index is 14.7. The number of nitrogens with zero attached hydrogens (tertiary/aromatic N) is 1. The molecule has 0 radical (unpaired) electrons. The number of rotatable bonds is 7. The summed E-state index contributed by atoms with van der Waals surface area (Å²) in [6.07, 6.45) is -3.90. The molecule has 2 N–H and O–H groups in total. The van der Waals surface area contributed by atoms with Crippen LogP contribution in [0, 0.1) is 5.82 Å². The number of alkyl halides is 3. The zero-order chi connectivity index (χ0) is 24.9. The quantitative estimate of drug-likeness (QED) is 0.472. The van der Waals surface area contributed by atoms with Crippen molar-refractivity contribution in [2.24, 2.45) is 0 Å². The lowest BCUT2D eigenvalue weighted by Gasteiger charge is -2.32. The summed E-state index contributed by atoms with van der Waals surface area (Å²) in [5.41, 5.74) is -3.29. The minimum absolute atomic E-state index is 0.310. The number of alkyl carbamates (subject to hydrolysis) is 1. The van der Waals surface area contributed by atoms with Crippen molar-refractivity contribution in [1.29, 1.82) is 0 Å². The van der Waals surface area contributed by atoms with Crippen molar-refractivity contribution < 1.29 is 36.7 Å². The summed E-state index contributed by atoms with van der Waals surface area (Å²) in [6.45, 7) is 6.13. The Kier molecular flexibility index (Phi) is 8.42. The summed E-state index contributed by atoms with van der Waals surface area (Å²) in [4.78, 5) is 37.7. The van der Waals surface area contributed by atoms with E-state index in [-0.39, 0.29) is 11.3 Å². The third kappa shape index (κ3) is 8.56. The van der Waals surface area contributed by atoms with E-state index in [0.717, 1.165) is 18.2 Å². The van der Waals surface area contributed by atoms with Crippen LogP contribution < -0.4 is 10.6 Å². The van der Waals surface area contributed by atoms with E-state index in [4.69, 9.17) is 4.74 Å². The van der Waals surface area contributed by atoms with E-state index in [1.807, 2.05) is 0 Å². The number of amides is 2. The second kappa shape index (κ2) is 10.0. The second-order valence-electron chi connectivity index (χ2n) is 8.53. The van der Waals surface area contributed by atoms with Crippen LogP contribution in [0.5, 0.6) is 0 Å². The number of allylic oxidation sites excluding steroid dienone is 1. The fraction of sp³-hybridized carbons (Fsp3) is 0.476. The summed E-state index contributed by atoms with van der Waals surface area (Å²) in [7, 11) is 3.35. The van der Waals surface area contributed by atoms with Crippen LogP contribution in [-0.4, -0.2) is 48.6 Å². The summed E-state index contributed by atoms with van der Waals surface area (Å²) in [6, 6.07) is 2.69. The Labute approximate surface area is 183 Å². The number of hydrogen-bond donors (Lipinski definition) is 2. The van der Waals surface area contributed by atoms with E-state index in [1.165, 1.54) is 19.2 Å². The number of halogens is 4. The Morgan fingerprint density at radius 3 is 2.19 bits per heavy atom. The summed E-state index contributed by atoms with van der Waals surface area (Å²) >= 11 is 0. The van der Waals surface area contributed by atoms with Crippen LogP contribution in [0.2, 0.25) is 0 Å². The highest BCUT2D eigenvalue weighted by Crippen LogP contribution is 2.31. The summed E-state index contributed by atoms with van der Waals surface area (Å²) in [5.74, 6) is -3.65. The molecule has 0 bridgehead atoms. The minimum atomic E-state index is -5.15. The largest absolute Gasteiger partial charge is 0.471 e. The topological polar surface area (TPSA) is 87.7 Å². The number of carbonyl (C=O) groups excluding carboxylic acids is 3. The molecule has 0 aliphatic carbocycles. The van der Waals surface area contributed by atoms with Gasteiger partial charge in [-0.05, 0) is 52.0 Å². The van der Waals surface area contributed by atoms with Crippen molar-refractivity contribution in [2.75, 3.05) is 19.4 Å². The van der Waals surface area contributed by atoms with Gasteiger partial charge in [0.2, 0.25) is 0 Å². The fourth-order valence-electron chi connectivity index (χ4n) is 2.60. The van der Waals surface area contributed by atoms with E-state index >= 15 is 0 Å². The molecule has 0 saturated carbocycles. The Hall–Kier alpha value is -3.11. The zero-order valence-electron chi connectivity index (χ0n) is 18.7. The minimum Gasteiger partial charge on any atom is -0.444 e. The Bertz CT molecular complexity index is 892.